The van der Waals surface area contributed by atoms with Gasteiger partial charge in [-0.25, -0.2) is 0 Å². The second kappa shape index (κ2) is 11.6. The van der Waals surface area contributed by atoms with Crippen LogP contribution in [-0.4, -0.2) is 42.5 Å². The maximum absolute atomic E-state index is 13.0. The molecule has 1 N–H and O–H groups in total. The number of nitrogens with one attached hydrogen (secondary N) is 1. The van der Waals surface area contributed by atoms with Crippen molar-refractivity contribution in [1.82, 2.24) is 10.2 Å². The van der Waals surface area contributed by atoms with Crippen molar-refractivity contribution < 1.29 is 14.3 Å². The molecule has 3 aromatic rings. The Morgan fingerprint density at radius 1 is 0.949 bits per heavy atom. The van der Waals surface area contributed by atoms with E-state index < -0.39 is 0 Å². The number of nitrogens with zero attached hydrogens (tertiary/aromatic N) is 2. The van der Waals surface area contributed by atoms with E-state index in [0.717, 1.165) is 55.9 Å². The van der Waals surface area contributed by atoms with Crippen molar-refractivity contribution in [2.45, 2.75) is 64.6 Å². The first-order valence-corrected chi connectivity index (χ1v) is 14.1. The molecule has 3 aromatic carbocycles. The maximum Gasteiger partial charge on any atom is 0.265 e. The number of carbonyl (C=O) groups excluding carboxylic acids is 2. The van der Waals surface area contributed by atoms with Gasteiger partial charge in [0, 0.05) is 31.2 Å². The largest absolute Gasteiger partial charge is 0.482 e. The molecule has 0 bridgehead atoms. The van der Waals surface area contributed by atoms with Gasteiger partial charge in [-0.2, -0.15) is 0 Å². The molecular formula is C33H39N3O3. The Hall–Kier alpha value is -3.64. The van der Waals surface area contributed by atoms with Gasteiger partial charge in [0.25, 0.3) is 11.8 Å². The number of amides is 2. The summed E-state index contributed by atoms with van der Waals surface area (Å²) in [5, 5.41) is 3.22. The fraction of sp³-hybridized carbons (Fsp3) is 0.394. The molecule has 0 saturated carbocycles. The van der Waals surface area contributed by atoms with Crippen molar-refractivity contribution in [2.24, 2.45) is 0 Å². The van der Waals surface area contributed by atoms with Crippen LogP contribution in [0.1, 0.15) is 67.1 Å². The number of carbonyl (C=O) groups is 2. The van der Waals surface area contributed by atoms with Gasteiger partial charge in [-0.15, -0.1) is 0 Å². The van der Waals surface area contributed by atoms with Crippen LogP contribution in [0.3, 0.4) is 0 Å². The molecule has 0 spiro atoms. The van der Waals surface area contributed by atoms with Gasteiger partial charge in [-0.05, 0) is 65.6 Å². The number of hydrogen-bond acceptors (Lipinski definition) is 4. The van der Waals surface area contributed by atoms with Crippen molar-refractivity contribution in [1.29, 1.82) is 0 Å². The van der Waals surface area contributed by atoms with Crippen LogP contribution >= 0.6 is 0 Å². The number of rotatable bonds is 8. The lowest BCUT2D eigenvalue weighted by molar-refractivity contribution is -0.121. The van der Waals surface area contributed by atoms with E-state index in [1.807, 2.05) is 36.4 Å². The van der Waals surface area contributed by atoms with Crippen LogP contribution in [-0.2, 0) is 23.3 Å². The highest BCUT2D eigenvalue weighted by molar-refractivity contribution is 5.98. The van der Waals surface area contributed by atoms with Gasteiger partial charge in [0.05, 0.1) is 12.2 Å². The predicted molar refractivity (Wildman–Crippen MR) is 155 cm³/mol. The number of hydrogen-bond donors (Lipinski definition) is 1. The molecule has 0 unspecified atom stereocenters. The van der Waals surface area contributed by atoms with E-state index in [0.29, 0.717) is 12.1 Å². The SMILES string of the molecule is CCC(C)(C)c1ccc2c(c1)N(Cc1ccc(C(=O)NC3CCN(Cc4ccccc4)CC3)cc1)C(=O)CO2. The lowest BCUT2D eigenvalue weighted by Gasteiger charge is -2.32. The van der Waals surface area contributed by atoms with Crippen LogP contribution in [0.2, 0.25) is 0 Å². The highest BCUT2D eigenvalue weighted by atomic mass is 16.5. The molecule has 1 fully saturated rings. The number of likely N-dealkylation sites (tertiary alicyclic amines) is 1. The number of fused-ring (bicyclic) bond motifs is 1. The van der Waals surface area contributed by atoms with E-state index in [4.69, 9.17) is 4.74 Å². The van der Waals surface area contributed by atoms with E-state index in [9.17, 15) is 9.59 Å². The number of anilines is 1. The molecule has 204 valence electrons. The minimum absolute atomic E-state index is 0.00865. The second-order valence-corrected chi connectivity index (χ2v) is 11.4. The Balaban J connectivity index is 1.19. The summed E-state index contributed by atoms with van der Waals surface area (Å²) >= 11 is 0. The van der Waals surface area contributed by atoms with Crippen molar-refractivity contribution in [3.63, 3.8) is 0 Å². The van der Waals surface area contributed by atoms with Gasteiger partial charge in [0.1, 0.15) is 5.75 Å². The highest BCUT2D eigenvalue weighted by Gasteiger charge is 2.28. The fourth-order valence-electron chi connectivity index (χ4n) is 5.29. The first-order chi connectivity index (χ1) is 18.8. The molecule has 2 amide bonds. The first kappa shape index (κ1) is 26.9. The van der Waals surface area contributed by atoms with Gasteiger partial charge < -0.3 is 15.0 Å². The third kappa shape index (κ3) is 6.34. The summed E-state index contributed by atoms with van der Waals surface area (Å²) in [4.78, 5) is 30.1. The van der Waals surface area contributed by atoms with Gasteiger partial charge in [-0.3, -0.25) is 14.5 Å². The molecule has 0 atom stereocenters. The van der Waals surface area contributed by atoms with Crippen LogP contribution in [0.4, 0.5) is 5.69 Å². The monoisotopic (exact) mass is 525 g/mol. The zero-order valence-corrected chi connectivity index (χ0v) is 23.3. The Morgan fingerprint density at radius 2 is 1.64 bits per heavy atom. The van der Waals surface area contributed by atoms with Crippen LogP contribution < -0.4 is 15.0 Å². The lowest BCUT2D eigenvalue weighted by atomic mass is 9.82. The summed E-state index contributed by atoms with van der Waals surface area (Å²) < 4.78 is 5.72. The minimum atomic E-state index is -0.0608. The Morgan fingerprint density at radius 3 is 2.33 bits per heavy atom. The Labute approximate surface area is 232 Å². The van der Waals surface area contributed by atoms with Crippen LogP contribution in [0.25, 0.3) is 0 Å². The zero-order valence-electron chi connectivity index (χ0n) is 23.3. The molecular weight excluding hydrogens is 486 g/mol. The van der Waals surface area contributed by atoms with Crippen molar-refractivity contribution >= 4 is 17.5 Å². The summed E-state index contributed by atoms with van der Waals surface area (Å²) in [7, 11) is 0. The average Bonchev–Trinajstić information content (AvgIpc) is 2.96. The lowest BCUT2D eigenvalue weighted by Crippen LogP contribution is -2.44. The molecule has 2 heterocycles. The van der Waals surface area contributed by atoms with E-state index in [1.54, 1.807) is 4.90 Å². The standard InChI is InChI=1S/C33H39N3O3/c1-4-33(2,3)27-14-15-30-29(20-27)36(31(37)23-39-30)22-25-10-12-26(13-11-25)32(38)34-28-16-18-35(19-17-28)21-24-8-6-5-7-9-24/h5-15,20,28H,4,16-19,21-23H2,1-3H3,(H,34,38). The summed E-state index contributed by atoms with van der Waals surface area (Å²) in [5.41, 5.74) is 4.95. The smallest absolute Gasteiger partial charge is 0.265 e. The molecule has 6 heteroatoms. The van der Waals surface area contributed by atoms with Gasteiger partial charge in [0.2, 0.25) is 0 Å². The van der Waals surface area contributed by atoms with Crippen LogP contribution in [0, 0.1) is 0 Å². The van der Waals surface area contributed by atoms with Crippen molar-refractivity contribution in [3.05, 3.63) is 95.1 Å². The van der Waals surface area contributed by atoms with Crippen molar-refractivity contribution in [2.75, 3.05) is 24.6 Å². The fourth-order valence-corrected chi connectivity index (χ4v) is 5.29. The molecule has 39 heavy (non-hydrogen) atoms. The summed E-state index contributed by atoms with van der Waals surface area (Å²) in [5.74, 6) is 0.632. The van der Waals surface area contributed by atoms with E-state index in [-0.39, 0.29) is 29.9 Å². The predicted octanol–water partition coefficient (Wildman–Crippen LogP) is 5.69. The number of ether oxygens (including phenoxy) is 1. The normalized spacial score (nSPS) is 16.5. The van der Waals surface area contributed by atoms with Gasteiger partial charge in [-0.1, -0.05) is 69.3 Å². The van der Waals surface area contributed by atoms with E-state index in [2.05, 4.69) is 67.4 Å². The molecule has 6 nitrogen and oxygen atoms in total. The first-order valence-electron chi connectivity index (χ1n) is 14.1. The third-order valence-electron chi connectivity index (χ3n) is 8.30. The van der Waals surface area contributed by atoms with Gasteiger partial charge >= 0.3 is 0 Å². The van der Waals surface area contributed by atoms with Crippen LogP contribution in [0.5, 0.6) is 5.75 Å². The topological polar surface area (TPSA) is 61.9 Å². The van der Waals surface area contributed by atoms with Crippen LogP contribution in [0.15, 0.2) is 72.8 Å². The van der Waals surface area contributed by atoms with Gasteiger partial charge in [0.15, 0.2) is 6.61 Å². The maximum atomic E-state index is 13.0. The summed E-state index contributed by atoms with van der Waals surface area (Å²) in [6.45, 7) is 9.98. The van der Waals surface area contributed by atoms with Crippen molar-refractivity contribution in [3.8, 4) is 5.75 Å². The molecule has 0 aromatic heterocycles. The third-order valence-corrected chi connectivity index (χ3v) is 8.30. The average molecular weight is 526 g/mol. The van der Waals surface area contributed by atoms with E-state index >= 15 is 0 Å². The zero-order chi connectivity index (χ0) is 27.4. The number of piperidine rings is 1. The molecule has 2 aliphatic heterocycles. The quantitative estimate of drug-likeness (QED) is 0.410. The Bertz CT molecular complexity index is 1300. The molecule has 0 radical (unpaired) electrons. The summed E-state index contributed by atoms with van der Waals surface area (Å²) in [6.07, 6.45) is 2.90. The highest BCUT2D eigenvalue weighted by Crippen LogP contribution is 2.38. The molecule has 5 rings (SSSR count). The molecule has 1 saturated heterocycles. The molecule has 0 aliphatic carbocycles. The molecule has 2 aliphatic rings. The Kier molecular flexibility index (Phi) is 8.03. The second-order valence-electron chi connectivity index (χ2n) is 11.4. The summed E-state index contributed by atoms with van der Waals surface area (Å²) in [6, 6.07) is 24.5. The number of benzene rings is 3. The minimum Gasteiger partial charge on any atom is -0.482 e. The van der Waals surface area contributed by atoms with E-state index in [1.165, 1.54) is 11.1 Å².